The molecule has 1 aliphatic rings. The number of carbonyl (C=O) groups is 1. The number of unbranched alkanes of at least 4 members (excludes halogenated alkanes) is 25. The molecule has 12 nitrogen and oxygen atoms in total. The maximum Gasteiger partial charge on any atom is 0.397 e. The second-order valence-electron chi connectivity index (χ2n) is 16.0. The average Bonchev–Trinajstić information content (AvgIpc) is 3.18. The lowest BCUT2D eigenvalue weighted by molar-refractivity contribution is -0.301. The van der Waals surface area contributed by atoms with Crippen LogP contribution in [0.4, 0.5) is 0 Å². The minimum atomic E-state index is -5.05. The van der Waals surface area contributed by atoms with Gasteiger partial charge in [-0.15, -0.1) is 0 Å². The van der Waals surface area contributed by atoms with Crippen molar-refractivity contribution in [2.75, 3.05) is 26.4 Å². The van der Waals surface area contributed by atoms with Crippen LogP contribution < -0.4 is 0 Å². The first-order valence-electron chi connectivity index (χ1n) is 22.9. The lowest BCUT2D eigenvalue weighted by Gasteiger charge is -2.41. The first kappa shape index (κ1) is 53.9. The van der Waals surface area contributed by atoms with E-state index in [9.17, 15) is 28.5 Å². The Kier molecular flexibility index (Phi) is 34.6. The van der Waals surface area contributed by atoms with E-state index >= 15 is 0 Å². The molecular weight excluding hydrogens is 753 g/mol. The molecule has 6 atom stereocenters. The van der Waals surface area contributed by atoms with E-state index in [1.54, 1.807) is 0 Å². The van der Waals surface area contributed by atoms with Crippen LogP contribution in [-0.4, -0.2) is 97.5 Å². The summed E-state index contributed by atoms with van der Waals surface area (Å²) in [5, 5.41) is 30.5. The molecule has 0 aromatic heterocycles. The number of rotatable bonds is 40. The summed E-state index contributed by atoms with van der Waals surface area (Å²) in [6.45, 7) is 3.93. The largest absolute Gasteiger partial charge is 0.457 e. The van der Waals surface area contributed by atoms with Crippen molar-refractivity contribution in [3.8, 4) is 0 Å². The third kappa shape index (κ3) is 30.5. The SMILES string of the molecule is CCCCCCCCCC/C=C\CCCCCCCCCCCCCCOCC(COC1OC(CO)C(O)C(OS(=O)(=O)O)C1O)OC(=O)CCCCCCCC. The molecule has 1 saturated heterocycles. The molecule has 0 aliphatic carbocycles. The third-order valence-electron chi connectivity index (χ3n) is 10.6. The van der Waals surface area contributed by atoms with Gasteiger partial charge in [0.2, 0.25) is 0 Å². The average molecular weight is 837 g/mol. The van der Waals surface area contributed by atoms with Crippen molar-refractivity contribution in [1.82, 2.24) is 0 Å². The maximum atomic E-state index is 12.7. The molecule has 0 bridgehead atoms. The Labute approximate surface area is 347 Å². The molecule has 0 radical (unpaired) electrons. The van der Waals surface area contributed by atoms with E-state index in [0.29, 0.717) is 13.0 Å². The summed E-state index contributed by atoms with van der Waals surface area (Å²) in [5.41, 5.74) is 0. The number of carbonyl (C=O) groups excluding carboxylic acids is 1. The molecule has 1 fully saturated rings. The minimum absolute atomic E-state index is 0.0398. The third-order valence-corrected chi connectivity index (χ3v) is 11.1. The molecule has 0 aromatic carbocycles. The van der Waals surface area contributed by atoms with Gasteiger partial charge in [0.05, 0.1) is 19.8 Å². The molecule has 6 unspecified atom stereocenters. The van der Waals surface area contributed by atoms with E-state index < -0.39 is 59.8 Å². The molecule has 13 heteroatoms. The van der Waals surface area contributed by atoms with Crippen molar-refractivity contribution in [2.45, 2.75) is 237 Å². The molecule has 57 heavy (non-hydrogen) atoms. The highest BCUT2D eigenvalue weighted by Crippen LogP contribution is 2.26. The minimum Gasteiger partial charge on any atom is -0.457 e. The van der Waals surface area contributed by atoms with Crippen LogP contribution in [0.1, 0.15) is 200 Å². The van der Waals surface area contributed by atoms with Crippen LogP contribution >= 0.6 is 0 Å². The van der Waals surface area contributed by atoms with Gasteiger partial charge in [-0.25, -0.2) is 4.18 Å². The van der Waals surface area contributed by atoms with E-state index in [1.165, 1.54) is 128 Å². The molecule has 0 saturated carbocycles. The van der Waals surface area contributed by atoms with Gasteiger partial charge in [0.25, 0.3) is 0 Å². The van der Waals surface area contributed by atoms with E-state index in [0.717, 1.165) is 44.9 Å². The van der Waals surface area contributed by atoms with E-state index in [4.69, 9.17) is 23.5 Å². The number of ether oxygens (including phenoxy) is 4. The molecule has 1 rings (SSSR count). The molecule has 338 valence electrons. The number of aliphatic hydroxyl groups excluding tert-OH is 3. The summed E-state index contributed by atoms with van der Waals surface area (Å²) in [5.74, 6) is -0.406. The fraction of sp³-hybridized carbons (Fsp3) is 0.932. The predicted molar refractivity (Wildman–Crippen MR) is 225 cm³/mol. The quantitative estimate of drug-likeness (QED) is 0.0199. The Balaban J connectivity index is 2.23. The van der Waals surface area contributed by atoms with Crippen molar-refractivity contribution >= 4 is 16.4 Å². The fourth-order valence-corrected chi connectivity index (χ4v) is 7.65. The first-order valence-corrected chi connectivity index (χ1v) is 24.3. The monoisotopic (exact) mass is 837 g/mol. The van der Waals surface area contributed by atoms with Gasteiger partial charge in [-0.05, 0) is 38.5 Å². The smallest absolute Gasteiger partial charge is 0.397 e. The van der Waals surface area contributed by atoms with Gasteiger partial charge in [0, 0.05) is 13.0 Å². The second kappa shape index (κ2) is 36.7. The Bertz CT molecular complexity index is 1060. The van der Waals surface area contributed by atoms with Gasteiger partial charge in [0.15, 0.2) is 6.29 Å². The molecule has 1 aliphatic heterocycles. The summed E-state index contributed by atoms with van der Waals surface area (Å²) in [6, 6.07) is 0. The normalized spacial score (nSPS) is 20.7. The van der Waals surface area contributed by atoms with Crippen LogP contribution in [0.5, 0.6) is 0 Å². The zero-order valence-corrected chi connectivity index (χ0v) is 36.7. The van der Waals surface area contributed by atoms with Gasteiger partial charge in [-0.2, -0.15) is 8.42 Å². The standard InChI is InChI=1S/C44H84O12S/c1-3-5-7-9-11-12-13-14-15-16-17-18-19-20-21-22-23-24-25-26-27-28-30-32-34-52-36-38(54-40(46)33-31-29-10-8-6-4-2)37-53-44-42(48)43(56-57(49,50)51)41(47)39(35-45)55-44/h16-17,38-39,41-45,47-48H,3-15,18-37H2,1-2H3,(H,49,50,51)/b17-16-. The van der Waals surface area contributed by atoms with Crippen LogP contribution in [-0.2, 0) is 38.3 Å². The lowest BCUT2D eigenvalue weighted by Crippen LogP contribution is -2.60. The number of hydrogen-bond donors (Lipinski definition) is 4. The van der Waals surface area contributed by atoms with Gasteiger partial charge >= 0.3 is 16.4 Å². The van der Waals surface area contributed by atoms with Crippen molar-refractivity contribution < 1.29 is 56.2 Å². The van der Waals surface area contributed by atoms with Crippen LogP contribution in [0.25, 0.3) is 0 Å². The number of hydrogen-bond acceptors (Lipinski definition) is 11. The Morgan fingerprint density at radius 2 is 1.11 bits per heavy atom. The Morgan fingerprint density at radius 1 is 0.649 bits per heavy atom. The van der Waals surface area contributed by atoms with Crippen molar-refractivity contribution in [3.63, 3.8) is 0 Å². The Hall–Kier alpha value is -1.16. The zero-order chi connectivity index (χ0) is 41.8. The van der Waals surface area contributed by atoms with Gasteiger partial charge in [0.1, 0.15) is 30.5 Å². The van der Waals surface area contributed by atoms with E-state index in [2.05, 4.69) is 30.2 Å². The van der Waals surface area contributed by atoms with Crippen LogP contribution in [0.2, 0.25) is 0 Å². The van der Waals surface area contributed by atoms with Gasteiger partial charge in [-0.1, -0.05) is 167 Å². The van der Waals surface area contributed by atoms with Gasteiger partial charge in [-0.3, -0.25) is 9.35 Å². The summed E-state index contributed by atoms with van der Waals surface area (Å²) in [4.78, 5) is 12.7. The highest BCUT2D eigenvalue weighted by atomic mass is 32.3. The van der Waals surface area contributed by atoms with Crippen LogP contribution in [0, 0.1) is 0 Å². The molecule has 0 amide bonds. The molecule has 0 spiro atoms. The summed E-state index contributed by atoms with van der Waals surface area (Å²) < 4.78 is 58.8. The van der Waals surface area contributed by atoms with Crippen molar-refractivity contribution in [1.29, 1.82) is 0 Å². The highest BCUT2D eigenvalue weighted by molar-refractivity contribution is 7.80. The van der Waals surface area contributed by atoms with Crippen molar-refractivity contribution in [2.24, 2.45) is 0 Å². The number of allylic oxidation sites excluding steroid dienone is 2. The van der Waals surface area contributed by atoms with Crippen molar-refractivity contribution in [3.05, 3.63) is 12.2 Å². The maximum absolute atomic E-state index is 12.7. The molecular formula is C44H84O12S. The number of aliphatic hydroxyl groups is 3. The zero-order valence-electron chi connectivity index (χ0n) is 35.9. The first-order chi connectivity index (χ1) is 27.6. The summed E-state index contributed by atoms with van der Waals surface area (Å²) in [7, 11) is -5.05. The summed E-state index contributed by atoms with van der Waals surface area (Å²) in [6.07, 6.45) is 30.2. The van der Waals surface area contributed by atoms with Crippen LogP contribution in [0.15, 0.2) is 12.2 Å². The highest BCUT2D eigenvalue weighted by Gasteiger charge is 2.48. The molecule has 1 heterocycles. The molecule has 0 aromatic rings. The van der Waals surface area contributed by atoms with Gasteiger partial charge < -0.3 is 34.3 Å². The van der Waals surface area contributed by atoms with E-state index in [1.807, 2.05) is 0 Å². The fourth-order valence-electron chi connectivity index (χ4n) is 7.14. The van der Waals surface area contributed by atoms with E-state index in [-0.39, 0.29) is 19.6 Å². The number of esters is 1. The Morgan fingerprint density at radius 3 is 1.58 bits per heavy atom. The summed E-state index contributed by atoms with van der Waals surface area (Å²) >= 11 is 0. The molecule has 4 N–H and O–H groups in total. The topological polar surface area (TPSA) is 178 Å². The lowest BCUT2D eigenvalue weighted by atomic mass is 9.99. The van der Waals surface area contributed by atoms with Crippen LogP contribution in [0.3, 0.4) is 0 Å². The second-order valence-corrected chi connectivity index (χ2v) is 17.0. The predicted octanol–water partition coefficient (Wildman–Crippen LogP) is 9.47.